The molecule has 1 atom stereocenters. The molecule has 0 aliphatic rings. The molecule has 11 heteroatoms. The number of methoxy groups -OCH3 is 2. The van der Waals surface area contributed by atoms with Crippen LogP contribution in [0.3, 0.4) is 0 Å². The summed E-state index contributed by atoms with van der Waals surface area (Å²) < 4.78 is 43.1. The fourth-order valence-corrected chi connectivity index (χ4v) is 2.73. The third-order valence-electron chi connectivity index (χ3n) is 4.17. The van der Waals surface area contributed by atoms with E-state index in [1.165, 1.54) is 32.0 Å². The van der Waals surface area contributed by atoms with Gasteiger partial charge in [0, 0.05) is 11.6 Å². The van der Waals surface area contributed by atoms with E-state index in [0.717, 1.165) is 0 Å². The molecule has 2 N–H and O–H groups in total. The lowest BCUT2D eigenvalue weighted by atomic mass is 10.0. The van der Waals surface area contributed by atoms with Crippen LogP contribution >= 0.6 is 0 Å². The molecule has 28 heavy (non-hydrogen) atoms. The van der Waals surface area contributed by atoms with E-state index in [4.69, 9.17) is 14.0 Å². The largest absolute Gasteiger partial charge is 0.497 e. The zero-order valence-corrected chi connectivity index (χ0v) is 17.1. The predicted octanol–water partition coefficient (Wildman–Crippen LogP) is 1.24. The molecule has 1 amide bonds. The lowest BCUT2D eigenvalue weighted by Crippen LogP contribution is -2.41. The average Bonchev–Trinajstić information content (AvgIpc) is 3.09. The van der Waals surface area contributed by atoms with Crippen LogP contribution in [0.25, 0.3) is 0 Å². The first-order valence-electron chi connectivity index (χ1n) is 8.38. The van der Waals surface area contributed by atoms with Crippen LogP contribution in [0.5, 0.6) is 11.5 Å². The van der Waals surface area contributed by atoms with Crippen LogP contribution < -0.4 is 14.8 Å². The molecule has 2 aromatic rings. The second-order valence-corrected chi connectivity index (χ2v) is 8.67. The molecule has 0 spiro atoms. The summed E-state index contributed by atoms with van der Waals surface area (Å²) in [6.45, 7) is 4.77. The number of hydrogen-bond donors (Lipinski definition) is 2. The van der Waals surface area contributed by atoms with Crippen LogP contribution in [-0.4, -0.2) is 53.3 Å². The summed E-state index contributed by atoms with van der Waals surface area (Å²) in [6.07, 6.45) is 1.52. The van der Waals surface area contributed by atoms with Gasteiger partial charge in [0.15, 0.2) is 0 Å². The Balaban J connectivity index is 2.18. The van der Waals surface area contributed by atoms with Crippen molar-refractivity contribution in [3.63, 3.8) is 0 Å². The van der Waals surface area contributed by atoms with Crippen molar-refractivity contribution in [1.29, 1.82) is 0 Å². The Labute approximate surface area is 163 Å². The molecule has 0 radical (unpaired) electrons. The number of hydrogen-bond acceptors (Lipinski definition) is 7. The summed E-state index contributed by atoms with van der Waals surface area (Å²) in [5.74, 6) is 0.586. The minimum Gasteiger partial charge on any atom is -0.497 e. The number of nitrogens with zero attached hydrogens (tertiary/aromatic N) is 3. The van der Waals surface area contributed by atoms with Gasteiger partial charge in [-0.3, -0.25) is 14.0 Å². The Morgan fingerprint density at radius 2 is 1.82 bits per heavy atom. The third-order valence-corrected chi connectivity index (χ3v) is 5.34. The van der Waals surface area contributed by atoms with Crippen molar-refractivity contribution in [2.24, 2.45) is 0 Å². The van der Waals surface area contributed by atoms with E-state index in [-0.39, 0.29) is 12.5 Å². The second kappa shape index (κ2) is 8.15. The van der Waals surface area contributed by atoms with Gasteiger partial charge in [-0.1, -0.05) is 5.21 Å². The molecule has 1 heterocycles. The van der Waals surface area contributed by atoms with Gasteiger partial charge in [0.1, 0.15) is 22.4 Å². The summed E-state index contributed by atoms with van der Waals surface area (Å²) in [5, 5.41) is 9.70. The zero-order chi connectivity index (χ0) is 21.1. The van der Waals surface area contributed by atoms with Crippen LogP contribution in [0, 0.1) is 0 Å². The fourth-order valence-electron chi connectivity index (χ4n) is 2.39. The first-order valence-corrected chi connectivity index (χ1v) is 9.89. The molecular weight excluding hydrogens is 388 g/mol. The van der Waals surface area contributed by atoms with E-state index in [9.17, 15) is 13.2 Å². The number of aromatic nitrogens is 3. The van der Waals surface area contributed by atoms with E-state index in [0.29, 0.717) is 22.8 Å². The monoisotopic (exact) mass is 412 g/mol. The second-order valence-electron chi connectivity index (χ2n) is 6.83. The first-order chi connectivity index (χ1) is 13.0. The molecule has 0 bridgehead atoms. The molecule has 1 aromatic heterocycles. The van der Waals surface area contributed by atoms with Crippen molar-refractivity contribution in [1.82, 2.24) is 20.3 Å². The molecule has 0 saturated carbocycles. The summed E-state index contributed by atoms with van der Waals surface area (Å²) in [5.41, 5.74) is -0.123. The number of benzene rings is 1. The van der Waals surface area contributed by atoms with Gasteiger partial charge in [0.05, 0.1) is 32.5 Å². The number of carbonyl (C=O) groups excluding carboxylic acids is 1. The Kier molecular flexibility index (Phi) is 6.30. The number of amides is 1. The summed E-state index contributed by atoms with van der Waals surface area (Å²) in [7, 11) is -1.19. The zero-order valence-electron chi connectivity index (χ0n) is 16.3. The van der Waals surface area contributed by atoms with Gasteiger partial charge in [-0.25, -0.2) is 0 Å². The third kappa shape index (κ3) is 5.20. The summed E-state index contributed by atoms with van der Waals surface area (Å²) in [4.78, 5) is 12.7. The van der Waals surface area contributed by atoms with E-state index in [2.05, 4.69) is 15.6 Å². The van der Waals surface area contributed by atoms with Gasteiger partial charge >= 0.3 is 0 Å². The van der Waals surface area contributed by atoms with Crippen LogP contribution in [0.15, 0.2) is 24.4 Å². The van der Waals surface area contributed by atoms with Gasteiger partial charge < -0.3 is 14.8 Å². The average molecular weight is 412 g/mol. The fraction of sp³-hybridized carbons (Fsp3) is 0.471. The van der Waals surface area contributed by atoms with Crippen molar-refractivity contribution in [2.45, 2.75) is 38.1 Å². The Hall–Kier alpha value is -2.66. The van der Waals surface area contributed by atoms with Gasteiger partial charge in [-0.05, 0) is 32.9 Å². The van der Waals surface area contributed by atoms with E-state index in [1.54, 1.807) is 32.0 Å². The maximum atomic E-state index is 12.7. The van der Waals surface area contributed by atoms with Crippen molar-refractivity contribution in [2.75, 3.05) is 14.2 Å². The molecule has 1 unspecified atom stereocenters. The highest BCUT2D eigenvalue weighted by atomic mass is 32.2. The van der Waals surface area contributed by atoms with Crippen LogP contribution in [0.1, 0.15) is 36.8 Å². The Morgan fingerprint density at radius 3 is 2.32 bits per heavy atom. The maximum Gasteiger partial charge on any atom is 0.269 e. The smallest absolute Gasteiger partial charge is 0.269 e. The normalized spacial score (nSPS) is 13.1. The number of carbonyl (C=O) groups is 1. The number of ether oxygens (including phenoxy) is 2. The molecule has 0 aliphatic heterocycles. The van der Waals surface area contributed by atoms with Crippen LogP contribution in [0.4, 0.5) is 0 Å². The maximum absolute atomic E-state index is 12.7. The van der Waals surface area contributed by atoms with E-state index >= 15 is 0 Å². The standard InChI is InChI=1S/C17H24N4O6S/c1-11(28(23,24)25)9-21-10-15(19-20-21)17(2,3)18-16(22)12-6-13(26-4)8-14(7-12)27-5/h6-8,10-11H,9H2,1-5H3,(H,18,22)(H,23,24,25). The molecule has 0 aliphatic carbocycles. The quantitative estimate of drug-likeness (QED) is 0.619. The van der Waals surface area contributed by atoms with Gasteiger partial charge in [-0.15, -0.1) is 5.10 Å². The van der Waals surface area contributed by atoms with Crippen molar-refractivity contribution in [3.8, 4) is 11.5 Å². The van der Waals surface area contributed by atoms with Crippen molar-refractivity contribution in [3.05, 3.63) is 35.7 Å². The highest BCUT2D eigenvalue weighted by Crippen LogP contribution is 2.24. The van der Waals surface area contributed by atoms with Gasteiger partial charge in [0.25, 0.3) is 16.0 Å². The minimum atomic E-state index is -4.18. The lowest BCUT2D eigenvalue weighted by molar-refractivity contribution is 0.0909. The van der Waals surface area contributed by atoms with Crippen molar-refractivity contribution >= 4 is 16.0 Å². The van der Waals surface area contributed by atoms with E-state index < -0.39 is 20.9 Å². The topological polar surface area (TPSA) is 133 Å². The molecule has 0 saturated heterocycles. The lowest BCUT2D eigenvalue weighted by Gasteiger charge is -2.24. The van der Waals surface area contributed by atoms with E-state index in [1.807, 2.05) is 0 Å². The Morgan fingerprint density at radius 1 is 1.25 bits per heavy atom. The number of rotatable bonds is 8. The SMILES string of the molecule is COc1cc(OC)cc(C(=O)NC(C)(C)c2cn(CC(C)S(=O)(=O)O)nn2)c1. The van der Waals surface area contributed by atoms with Crippen molar-refractivity contribution < 1.29 is 27.2 Å². The first kappa shape index (κ1) is 21.6. The predicted molar refractivity (Wildman–Crippen MR) is 101 cm³/mol. The van der Waals surface area contributed by atoms with Gasteiger partial charge in [-0.2, -0.15) is 8.42 Å². The van der Waals surface area contributed by atoms with Crippen LogP contribution in [-0.2, 0) is 22.2 Å². The summed E-state index contributed by atoms with van der Waals surface area (Å²) >= 11 is 0. The molecule has 1 aromatic carbocycles. The highest BCUT2D eigenvalue weighted by Gasteiger charge is 2.28. The van der Waals surface area contributed by atoms with Crippen LogP contribution in [0.2, 0.25) is 0 Å². The number of nitrogens with one attached hydrogen (secondary N) is 1. The Bertz CT molecular complexity index is 932. The minimum absolute atomic E-state index is 0.0665. The molecule has 154 valence electrons. The summed E-state index contributed by atoms with van der Waals surface area (Å²) in [6, 6.07) is 4.82. The van der Waals surface area contributed by atoms with Gasteiger partial charge in [0.2, 0.25) is 0 Å². The highest BCUT2D eigenvalue weighted by molar-refractivity contribution is 7.86. The molecule has 10 nitrogen and oxygen atoms in total. The molecular formula is C17H24N4O6S. The molecule has 0 fully saturated rings. The molecule has 2 rings (SSSR count).